The molecule has 0 amide bonds. The van der Waals surface area contributed by atoms with Crippen molar-refractivity contribution in [3.8, 4) is 11.3 Å². The van der Waals surface area contributed by atoms with Crippen LogP contribution in [-0.2, 0) is 7.05 Å². The van der Waals surface area contributed by atoms with Crippen molar-refractivity contribution < 1.29 is 0 Å². The molecule has 0 aliphatic carbocycles. The van der Waals surface area contributed by atoms with Crippen LogP contribution in [0.25, 0.3) is 22.3 Å². The average Bonchev–Trinajstić information content (AvgIpc) is 2.46. The van der Waals surface area contributed by atoms with Crippen molar-refractivity contribution in [2.24, 2.45) is 7.05 Å². The molecule has 0 spiro atoms. The van der Waals surface area contributed by atoms with E-state index >= 15 is 0 Å². The van der Waals surface area contributed by atoms with E-state index in [2.05, 4.69) is 4.98 Å². The molecule has 2 N–H and O–H groups in total. The molecule has 0 saturated carbocycles. The summed E-state index contributed by atoms with van der Waals surface area (Å²) in [7, 11) is 1.77. The van der Waals surface area contributed by atoms with Crippen LogP contribution in [0.3, 0.4) is 0 Å². The van der Waals surface area contributed by atoms with Crippen LogP contribution in [0.2, 0.25) is 0 Å². The number of hydrogen-bond donors (Lipinski definition) is 1. The Bertz CT molecular complexity index is 910. The lowest BCUT2D eigenvalue weighted by Crippen LogP contribution is -2.21. The predicted molar refractivity (Wildman–Crippen MR) is 86.3 cm³/mol. The van der Waals surface area contributed by atoms with Gasteiger partial charge in [-0.2, -0.15) is 0 Å². The summed E-state index contributed by atoms with van der Waals surface area (Å²) in [5.41, 5.74) is 11.4. The Balaban J connectivity index is 2.41. The van der Waals surface area contributed by atoms with Gasteiger partial charge < -0.3 is 10.3 Å². The van der Waals surface area contributed by atoms with Crippen molar-refractivity contribution >= 4 is 16.7 Å². The standard InChI is InChI=1S/C17H17N3O/c1-10-8-14-15(9-11(10)2)20(3)17(21)16(19-14)12-6-4-5-7-13(12)18/h4-9H,18H2,1-3H3. The molecule has 21 heavy (non-hydrogen) atoms. The van der Waals surface area contributed by atoms with Crippen LogP contribution in [-0.4, -0.2) is 9.55 Å². The molecule has 0 aliphatic rings. The number of rotatable bonds is 1. The van der Waals surface area contributed by atoms with E-state index in [1.165, 1.54) is 0 Å². The molecule has 3 rings (SSSR count). The van der Waals surface area contributed by atoms with E-state index < -0.39 is 0 Å². The van der Waals surface area contributed by atoms with E-state index in [0.29, 0.717) is 16.9 Å². The van der Waals surface area contributed by atoms with Gasteiger partial charge in [-0.1, -0.05) is 18.2 Å². The maximum atomic E-state index is 12.6. The van der Waals surface area contributed by atoms with Crippen LogP contribution in [0.5, 0.6) is 0 Å². The van der Waals surface area contributed by atoms with E-state index in [0.717, 1.165) is 22.2 Å². The van der Waals surface area contributed by atoms with Gasteiger partial charge in [0.25, 0.3) is 5.56 Å². The third kappa shape index (κ3) is 2.09. The zero-order chi connectivity index (χ0) is 15.1. The Morgan fingerprint density at radius 2 is 1.76 bits per heavy atom. The van der Waals surface area contributed by atoms with Crippen molar-refractivity contribution in [3.05, 3.63) is 57.9 Å². The number of aryl methyl sites for hydroxylation is 3. The van der Waals surface area contributed by atoms with Crippen molar-refractivity contribution in [2.75, 3.05) is 5.73 Å². The number of aromatic nitrogens is 2. The molecule has 3 aromatic rings. The molecule has 0 atom stereocenters. The second-order valence-corrected chi connectivity index (χ2v) is 5.34. The summed E-state index contributed by atoms with van der Waals surface area (Å²) in [6, 6.07) is 11.3. The first-order valence-electron chi connectivity index (χ1n) is 6.82. The van der Waals surface area contributed by atoms with Gasteiger partial charge in [0.05, 0.1) is 11.0 Å². The normalized spacial score (nSPS) is 11.0. The van der Waals surface area contributed by atoms with Gasteiger partial charge in [0.2, 0.25) is 0 Å². The molecule has 0 saturated heterocycles. The Morgan fingerprint density at radius 1 is 1.10 bits per heavy atom. The van der Waals surface area contributed by atoms with Crippen molar-refractivity contribution in [1.82, 2.24) is 9.55 Å². The second-order valence-electron chi connectivity index (χ2n) is 5.34. The number of fused-ring (bicyclic) bond motifs is 1. The third-order valence-corrected chi connectivity index (χ3v) is 3.91. The summed E-state index contributed by atoms with van der Waals surface area (Å²) in [5, 5.41) is 0. The highest BCUT2D eigenvalue weighted by Gasteiger charge is 2.13. The summed E-state index contributed by atoms with van der Waals surface area (Å²) in [6.45, 7) is 4.07. The van der Waals surface area contributed by atoms with Crippen molar-refractivity contribution in [3.63, 3.8) is 0 Å². The highest BCUT2D eigenvalue weighted by Crippen LogP contribution is 2.24. The molecule has 1 heterocycles. The van der Waals surface area contributed by atoms with Crippen LogP contribution in [0.4, 0.5) is 5.69 Å². The molecule has 4 nitrogen and oxygen atoms in total. The lowest BCUT2D eigenvalue weighted by molar-refractivity contribution is 0.894. The maximum absolute atomic E-state index is 12.6. The topological polar surface area (TPSA) is 60.9 Å². The average molecular weight is 279 g/mol. The number of benzene rings is 2. The predicted octanol–water partition coefficient (Wildman–Crippen LogP) is 2.80. The minimum atomic E-state index is -0.136. The van der Waals surface area contributed by atoms with Gasteiger partial charge in [0, 0.05) is 18.3 Å². The summed E-state index contributed by atoms with van der Waals surface area (Å²) in [5.74, 6) is 0. The summed E-state index contributed by atoms with van der Waals surface area (Å²) < 4.78 is 1.64. The molecule has 0 radical (unpaired) electrons. The van der Waals surface area contributed by atoms with Crippen molar-refractivity contribution in [2.45, 2.75) is 13.8 Å². The van der Waals surface area contributed by atoms with E-state index in [9.17, 15) is 4.79 Å². The number of hydrogen-bond acceptors (Lipinski definition) is 3. The first-order chi connectivity index (χ1) is 9.99. The van der Waals surface area contributed by atoms with E-state index in [1.807, 2.05) is 44.2 Å². The highest BCUT2D eigenvalue weighted by atomic mass is 16.1. The number of anilines is 1. The largest absolute Gasteiger partial charge is 0.398 e. The molecule has 0 bridgehead atoms. The summed E-state index contributed by atoms with van der Waals surface area (Å²) in [6.07, 6.45) is 0. The molecule has 1 aromatic heterocycles. The number of nitrogen functional groups attached to an aromatic ring is 1. The van der Waals surface area contributed by atoms with Crippen LogP contribution >= 0.6 is 0 Å². The Morgan fingerprint density at radius 3 is 2.48 bits per heavy atom. The molecule has 0 fully saturated rings. The third-order valence-electron chi connectivity index (χ3n) is 3.91. The van der Waals surface area contributed by atoms with E-state index in [1.54, 1.807) is 17.7 Å². The Labute approximate surface area is 122 Å². The van der Waals surface area contributed by atoms with Crippen molar-refractivity contribution in [1.29, 1.82) is 0 Å². The zero-order valence-electron chi connectivity index (χ0n) is 12.3. The van der Waals surface area contributed by atoms with E-state index in [-0.39, 0.29) is 5.56 Å². The van der Waals surface area contributed by atoms with Crippen LogP contribution in [0, 0.1) is 13.8 Å². The quantitative estimate of drug-likeness (QED) is 0.697. The minimum absolute atomic E-state index is 0.136. The molecular weight excluding hydrogens is 262 g/mol. The lowest BCUT2D eigenvalue weighted by Gasteiger charge is -2.11. The summed E-state index contributed by atoms with van der Waals surface area (Å²) in [4.78, 5) is 17.1. The van der Waals surface area contributed by atoms with Crippen LogP contribution in [0.15, 0.2) is 41.2 Å². The molecule has 4 heteroatoms. The lowest BCUT2D eigenvalue weighted by atomic mass is 10.1. The molecule has 2 aromatic carbocycles. The second kappa shape index (κ2) is 4.74. The monoisotopic (exact) mass is 279 g/mol. The number of nitrogens with two attached hydrogens (primary N) is 1. The Kier molecular flexibility index (Phi) is 3.01. The van der Waals surface area contributed by atoms with Gasteiger partial charge in [-0.15, -0.1) is 0 Å². The fourth-order valence-electron chi connectivity index (χ4n) is 2.47. The van der Waals surface area contributed by atoms with Gasteiger partial charge in [-0.05, 0) is 43.2 Å². The van der Waals surface area contributed by atoms with Gasteiger partial charge in [-0.3, -0.25) is 4.79 Å². The molecule has 0 aliphatic heterocycles. The van der Waals surface area contributed by atoms with E-state index in [4.69, 9.17) is 5.73 Å². The molecule has 106 valence electrons. The highest BCUT2D eigenvalue weighted by molar-refractivity contribution is 5.82. The minimum Gasteiger partial charge on any atom is -0.398 e. The first kappa shape index (κ1) is 13.4. The van der Waals surface area contributed by atoms with Gasteiger partial charge in [-0.25, -0.2) is 4.98 Å². The SMILES string of the molecule is Cc1cc2nc(-c3ccccc3N)c(=O)n(C)c2cc1C. The van der Waals surface area contributed by atoms with Gasteiger partial charge in [0.1, 0.15) is 5.69 Å². The van der Waals surface area contributed by atoms with Gasteiger partial charge in [0.15, 0.2) is 0 Å². The Hall–Kier alpha value is -2.62. The summed E-state index contributed by atoms with van der Waals surface area (Å²) >= 11 is 0. The zero-order valence-corrected chi connectivity index (χ0v) is 12.3. The molecule has 0 unspecified atom stereocenters. The fraction of sp³-hybridized carbons (Fsp3) is 0.176. The first-order valence-corrected chi connectivity index (χ1v) is 6.82. The van der Waals surface area contributed by atoms with Crippen LogP contribution < -0.4 is 11.3 Å². The smallest absolute Gasteiger partial charge is 0.277 e. The molecular formula is C17H17N3O. The van der Waals surface area contributed by atoms with Crippen LogP contribution in [0.1, 0.15) is 11.1 Å². The maximum Gasteiger partial charge on any atom is 0.277 e. The fourth-order valence-corrected chi connectivity index (χ4v) is 2.47. The number of nitrogens with zero attached hydrogens (tertiary/aromatic N) is 2. The number of para-hydroxylation sites is 1. The van der Waals surface area contributed by atoms with Gasteiger partial charge >= 0.3 is 0 Å².